The van der Waals surface area contributed by atoms with Crippen LogP contribution < -0.4 is 15.5 Å². The lowest BCUT2D eigenvalue weighted by molar-refractivity contribution is 0.112. The average Bonchev–Trinajstić information content (AvgIpc) is 3.22. The van der Waals surface area contributed by atoms with E-state index in [1.807, 2.05) is 24.2 Å². The molecule has 2 unspecified atom stereocenters. The Hall–Kier alpha value is -3.09. The van der Waals surface area contributed by atoms with Gasteiger partial charge in [-0.15, -0.1) is 0 Å². The van der Waals surface area contributed by atoms with Crippen molar-refractivity contribution in [1.29, 1.82) is 0 Å². The molecule has 0 saturated heterocycles. The molecule has 6 nitrogen and oxygen atoms in total. The van der Waals surface area contributed by atoms with Crippen LogP contribution in [0.3, 0.4) is 0 Å². The van der Waals surface area contributed by atoms with Crippen LogP contribution in [-0.4, -0.2) is 29.4 Å². The van der Waals surface area contributed by atoms with Crippen LogP contribution in [0.4, 0.5) is 21.6 Å². The summed E-state index contributed by atoms with van der Waals surface area (Å²) in [6, 6.07) is 7.43. The number of nitrogens with one attached hydrogen (secondary N) is 2. The number of fused-ring (bicyclic) bond motifs is 1. The van der Waals surface area contributed by atoms with Crippen molar-refractivity contribution in [2.75, 3.05) is 29.1 Å². The van der Waals surface area contributed by atoms with Crippen LogP contribution in [0.1, 0.15) is 41.6 Å². The van der Waals surface area contributed by atoms with Gasteiger partial charge in [0.1, 0.15) is 18.3 Å². The van der Waals surface area contributed by atoms with Gasteiger partial charge in [0.25, 0.3) is 0 Å². The van der Waals surface area contributed by atoms with Gasteiger partial charge < -0.3 is 20.1 Å². The van der Waals surface area contributed by atoms with Gasteiger partial charge in [0.05, 0.1) is 28.6 Å². The fourth-order valence-corrected chi connectivity index (χ4v) is 4.36. The van der Waals surface area contributed by atoms with Crippen molar-refractivity contribution in [1.82, 2.24) is 9.55 Å². The van der Waals surface area contributed by atoms with Gasteiger partial charge in [0.2, 0.25) is 0 Å². The van der Waals surface area contributed by atoms with Crippen LogP contribution in [0.15, 0.2) is 30.5 Å². The number of aldehydes is 1. The van der Waals surface area contributed by atoms with Crippen molar-refractivity contribution in [2.45, 2.75) is 25.6 Å². The Balaban J connectivity index is 1.68. The normalized spacial score (nSPS) is 20.3. The monoisotopic (exact) mass is 365 g/mol. The van der Waals surface area contributed by atoms with Gasteiger partial charge in [-0.3, -0.25) is 4.79 Å². The van der Waals surface area contributed by atoms with Crippen LogP contribution in [0.2, 0.25) is 0 Å². The highest BCUT2D eigenvalue weighted by Gasteiger charge is 2.35. The van der Waals surface area contributed by atoms with Crippen molar-refractivity contribution in [3.05, 3.63) is 47.5 Å². The molecule has 7 heteroatoms. The Bertz CT molecular complexity index is 1080. The Labute approximate surface area is 156 Å². The van der Waals surface area contributed by atoms with Gasteiger partial charge in [0, 0.05) is 30.7 Å². The topological polar surface area (TPSA) is 62.2 Å². The summed E-state index contributed by atoms with van der Waals surface area (Å²) in [4.78, 5) is 17.5. The first-order valence-corrected chi connectivity index (χ1v) is 9.14. The number of nitrogens with zero attached hydrogens (tertiary/aromatic N) is 3. The highest BCUT2D eigenvalue weighted by Crippen LogP contribution is 2.45. The first-order chi connectivity index (χ1) is 13.1. The molecule has 0 fully saturated rings. The minimum atomic E-state index is -0.391. The summed E-state index contributed by atoms with van der Waals surface area (Å²) in [6.07, 6.45) is 3.24. The van der Waals surface area contributed by atoms with E-state index in [2.05, 4.69) is 33.2 Å². The molecule has 0 saturated carbocycles. The lowest BCUT2D eigenvalue weighted by atomic mass is 10.1. The van der Waals surface area contributed by atoms with E-state index >= 15 is 0 Å². The molecule has 2 N–H and O–H groups in total. The van der Waals surface area contributed by atoms with Crippen molar-refractivity contribution in [2.24, 2.45) is 0 Å². The summed E-state index contributed by atoms with van der Waals surface area (Å²) in [5.74, 6) is 0.494. The Morgan fingerprint density at radius 3 is 3.00 bits per heavy atom. The third-order valence-electron chi connectivity index (χ3n) is 5.65. The smallest absolute Gasteiger partial charge is 0.150 e. The van der Waals surface area contributed by atoms with Gasteiger partial charge >= 0.3 is 0 Å². The zero-order chi connectivity index (χ0) is 18.7. The van der Waals surface area contributed by atoms with Crippen molar-refractivity contribution in [3.63, 3.8) is 0 Å². The SMILES string of the molecule is CCC1CNc2nccc3cc(C4Nc5cc(C=O)cc(F)c5N4C)n1c23. The molecule has 0 amide bonds. The highest BCUT2D eigenvalue weighted by atomic mass is 19.1. The van der Waals surface area contributed by atoms with Crippen molar-refractivity contribution in [3.8, 4) is 0 Å². The molecule has 5 rings (SSSR count). The van der Waals surface area contributed by atoms with E-state index in [0.717, 1.165) is 35.4 Å². The minimum Gasteiger partial charge on any atom is -0.366 e. The molecule has 2 aromatic heterocycles. The molecule has 1 aromatic carbocycles. The molecular weight excluding hydrogens is 345 g/mol. The van der Waals surface area contributed by atoms with Crippen LogP contribution in [0, 0.1) is 5.82 Å². The summed E-state index contributed by atoms with van der Waals surface area (Å²) in [5.41, 5.74) is 3.62. The van der Waals surface area contributed by atoms with Crippen molar-refractivity contribution < 1.29 is 9.18 Å². The zero-order valence-electron chi connectivity index (χ0n) is 15.2. The molecule has 0 bridgehead atoms. The molecule has 2 aliphatic rings. The predicted molar refractivity (Wildman–Crippen MR) is 104 cm³/mol. The highest BCUT2D eigenvalue weighted by molar-refractivity contribution is 5.92. The maximum Gasteiger partial charge on any atom is 0.150 e. The predicted octanol–water partition coefficient (Wildman–Crippen LogP) is 3.93. The van der Waals surface area contributed by atoms with E-state index in [1.54, 1.807) is 6.07 Å². The molecule has 0 aliphatic carbocycles. The second kappa shape index (κ2) is 5.70. The van der Waals surface area contributed by atoms with Gasteiger partial charge in [-0.1, -0.05) is 6.92 Å². The number of hydrogen-bond acceptors (Lipinski definition) is 5. The number of hydrogen-bond donors (Lipinski definition) is 2. The molecule has 138 valence electrons. The fourth-order valence-electron chi connectivity index (χ4n) is 4.36. The van der Waals surface area contributed by atoms with Crippen LogP contribution in [0.25, 0.3) is 10.9 Å². The molecule has 0 spiro atoms. The lowest BCUT2D eigenvalue weighted by Crippen LogP contribution is -2.31. The number of pyridine rings is 1. The Morgan fingerprint density at radius 2 is 2.22 bits per heavy atom. The largest absolute Gasteiger partial charge is 0.366 e. The number of aromatic nitrogens is 2. The number of anilines is 3. The van der Waals surface area contributed by atoms with Crippen molar-refractivity contribution >= 4 is 34.4 Å². The minimum absolute atomic E-state index is 0.219. The van der Waals surface area contributed by atoms with Gasteiger partial charge in [-0.25, -0.2) is 9.37 Å². The third-order valence-corrected chi connectivity index (χ3v) is 5.65. The van der Waals surface area contributed by atoms with Gasteiger partial charge in [0.15, 0.2) is 5.82 Å². The standard InChI is InChI=1S/C20H20FN5O/c1-3-13-9-23-19-17-12(4-5-22-19)8-16(26(13)17)20-24-15-7-11(10-27)6-14(21)18(15)25(20)2/h4-8,10,13,20,24H,3,9H2,1-2H3,(H,22,23). The molecule has 27 heavy (non-hydrogen) atoms. The van der Waals surface area contributed by atoms with E-state index in [-0.39, 0.29) is 6.17 Å². The van der Waals surface area contributed by atoms with Gasteiger partial charge in [-0.05, 0) is 30.7 Å². The number of carbonyl (C=O) groups is 1. The van der Waals surface area contributed by atoms with E-state index < -0.39 is 5.82 Å². The van der Waals surface area contributed by atoms with Crippen LogP contribution in [-0.2, 0) is 0 Å². The molecule has 2 atom stereocenters. The summed E-state index contributed by atoms with van der Waals surface area (Å²) >= 11 is 0. The molecule has 3 aromatic rings. The zero-order valence-corrected chi connectivity index (χ0v) is 15.2. The Morgan fingerprint density at radius 1 is 1.37 bits per heavy atom. The fraction of sp³-hybridized carbons (Fsp3) is 0.300. The molecule has 0 radical (unpaired) electrons. The van der Waals surface area contributed by atoms with E-state index in [1.165, 1.54) is 6.07 Å². The van der Waals surface area contributed by atoms with E-state index in [0.29, 0.717) is 29.3 Å². The summed E-state index contributed by atoms with van der Waals surface area (Å²) in [5, 5.41) is 7.94. The quantitative estimate of drug-likeness (QED) is 0.689. The lowest BCUT2D eigenvalue weighted by Gasteiger charge is -2.31. The number of halogens is 1. The third kappa shape index (κ3) is 2.17. The number of carbonyl (C=O) groups excluding carboxylic acids is 1. The number of benzene rings is 1. The maximum atomic E-state index is 14.6. The first kappa shape index (κ1) is 16.1. The van der Waals surface area contributed by atoms with E-state index in [4.69, 9.17) is 0 Å². The second-order valence-electron chi connectivity index (χ2n) is 7.15. The Kier molecular flexibility index (Phi) is 3.40. The van der Waals surface area contributed by atoms with Crippen LogP contribution in [0.5, 0.6) is 0 Å². The number of rotatable bonds is 3. The summed E-state index contributed by atoms with van der Waals surface area (Å²) in [6.45, 7) is 2.98. The molecule has 2 aliphatic heterocycles. The van der Waals surface area contributed by atoms with Crippen LogP contribution >= 0.6 is 0 Å². The second-order valence-corrected chi connectivity index (χ2v) is 7.15. The molecule has 4 heterocycles. The summed E-state index contributed by atoms with van der Waals surface area (Å²) < 4.78 is 16.9. The van der Waals surface area contributed by atoms with E-state index in [9.17, 15) is 9.18 Å². The average molecular weight is 365 g/mol. The molecular formula is C20H20FN5O. The first-order valence-electron chi connectivity index (χ1n) is 9.14. The maximum absolute atomic E-state index is 14.6. The van der Waals surface area contributed by atoms with Gasteiger partial charge in [-0.2, -0.15) is 0 Å². The summed E-state index contributed by atoms with van der Waals surface area (Å²) in [7, 11) is 1.87.